The van der Waals surface area contributed by atoms with Gasteiger partial charge in [-0.15, -0.1) is 0 Å². The molecule has 6 nitrogen and oxygen atoms in total. The quantitative estimate of drug-likeness (QED) is 0.505. The van der Waals surface area contributed by atoms with Gasteiger partial charge in [-0.2, -0.15) is 0 Å². The first-order valence-corrected chi connectivity index (χ1v) is 6.80. The molecule has 6 heteroatoms. The number of carbonyl (C=O) groups is 3. The summed E-state index contributed by atoms with van der Waals surface area (Å²) < 4.78 is 0. The Bertz CT molecular complexity index is 517. The number of nitrogen functional groups attached to an aromatic ring is 1. The molecule has 2 amide bonds. The van der Waals surface area contributed by atoms with Crippen LogP contribution >= 0.6 is 0 Å². The van der Waals surface area contributed by atoms with E-state index in [2.05, 4.69) is 10.6 Å². The Balaban J connectivity index is 2.76. The monoisotopic (exact) mass is 291 g/mol. The molecule has 0 aromatic heterocycles. The number of rotatable bonds is 7. The highest BCUT2D eigenvalue weighted by molar-refractivity contribution is 5.90. The molecule has 1 aromatic rings. The Hall–Kier alpha value is -2.37. The van der Waals surface area contributed by atoms with Crippen molar-refractivity contribution in [2.75, 3.05) is 12.8 Å². The zero-order valence-corrected chi connectivity index (χ0v) is 12.3. The van der Waals surface area contributed by atoms with Gasteiger partial charge >= 0.3 is 0 Å². The number of hydrogen-bond donors (Lipinski definition) is 3. The summed E-state index contributed by atoms with van der Waals surface area (Å²) in [5.74, 6) is -1.03. The highest BCUT2D eigenvalue weighted by Gasteiger charge is 2.23. The van der Waals surface area contributed by atoms with Gasteiger partial charge in [-0.3, -0.25) is 9.59 Å². The maximum absolute atomic E-state index is 12.2. The summed E-state index contributed by atoms with van der Waals surface area (Å²) in [6.45, 7) is 1.74. The Kier molecular flexibility index (Phi) is 6.39. The van der Waals surface area contributed by atoms with Crippen LogP contribution in [0.4, 0.5) is 5.69 Å². The Morgan fingerprint density at radius 2 is 2.05 bits per heavy atom. The second-order valence-corrected chi connectivity index (χ2v) is 4.81. The molecule has 0 aliphatic rings. The molecule has 4 N–H and O–H groups in total. The van der Waals surface area contributed by atoms with Crippen molar-refractivity contribution in [1.82, 2.24) is 10.6 Å². The number of carbonyl (C=O) groups excluding carboxylic acids is 3. The Labute approximate surface area is 124 Å². The van der Waals surface area contributed by atoms with Crippen molar-refractivity contribution in [2.24, 2.45) is 0 Å². The van der Waals surface area contributed by atoms with Gasteiger partial charge in [-0.25, -0.2) is 0 Å². The molecule has 0 radical (unpaired) electrons. The van der Waals surface area contributed by atoms with Gasteiger partial charge in [0, 0.05) is 19.2 Å². The minimum Gasteiger partial charge on any atom is -0.399 e. The zero-order valence-electron chi connectivity index (χ0n) is 12.3. The fraction of sp³-hybridized carbons (Fsp3) is 0.400. The third-order valence-electron chi connectivity index (χ3n) is 3.26. The van der Waals surface area contributed by atoms with Crippen LogP contribution in [0, 0.1) is 0 Å². The van der Waals surface area contributed by atoms with E-state index >= 15 is 0 Å². The molecule has 0 bridgehead atoms. The van der Waals surface area contributed by atoms with Crippen molar-refractivity contribution in [3.8, 4) is 0 Å². The van der Waals surface area contributed by atoms with E-state index < -0.39 is 12.0 Å². The molecule has 0 spiro atoms. The van der Waals surface area contributed by atoms with Crippen molar-refractivity contribution in [3.63, 3.8) is 0 Å². The van der Waals surface area contributed by atoms with Gasteiger partial charge in [0.1, 0.15) is 12.3 Å². The van der Waals surface area contributed by atoms with E-state index in [1.54, 1.807) is 31.2 Å². The molecule has 21 heavy (non-hydrogen) atoms. The van der Waals surface area contributed by atoms with E-state index in [1.807, 2.05) is 0 Å². The third kappa shape index (κ3) is 4.91. The average Bonchev–Trinajstić information content (AvgIpc) is 2.49. The van der Waals surface area contributed by atoms with E-state index in [9.17, 15) is 14.4 Å². The number of hydrogen-bond acceptors (Lipinski definition) is 4. The van der Waals surface area contributed by atoms with Crippen LogP contribution in [0.2, 0.25) is 0 Å². The number of likely N-dealkylation sites (N-methyl/N-ethyl adjacent to an activating group) is 1. The first-order valence-electron chi connectivity index (χ1n) is 6.80. The van der Waals surface area contributed by atoms with Crippen molar-refractivity contribution >= 4 is 23.8 Å². The number of nitrogens with one attached hydrogen (secondary N) is 2. The molecule has 0 fully saturated rings. The molecule has 1 aromatic carbocycles. The normalized spacial score (nSPS) is 13.0. The molecule has 114 valence electrons. The maximum Gasteiger partial charge on any atom is 0.242 e. The second-order valence-electron chi connectivity index (χ2n) is 4.81. The maximum atomic E-state index is 12.2. The van der Waals surface area contributed by atoms with Crippen LogP contribution < -0.4 is 16.4 Å². The van der Waals surface area contributed by atoms with Gasteiger partial charge in [0.25, 0.3) is 0 Å². The first kappa shape index (κ1) is 16.7. The Morgan fingerprint density at radius 3 is 2.62 bits per heavy atom. The molecule has 2 unspecified atom stereocenters. The summed E-state index contributed by atoms with van der Waals surface area (Å²) in [5.41, 5.74) is 7.05. The van der Waals surface area contributed by atoms with Crippen molar-refractivity contribution in [3.05, 3.63) is 29.8 Å². The van der Waals surface area contributed by atoms with Crippen molar-refractivity contribution in [1.29, 1.82) is 0 Å². The van der Waals surface area contributed by atoms with E-state index in [0.717, 1.165) is 11.8 Å². The summed E-state index contributed by atoms with van der Waals surface area (Å²) in [7, 11) is 1.49. The lowest BCUT2D eigenvalue weighted by Crippen LogP contribution is -2.46. The molecule has 0 heterocycles. The molecule has 2 atom stereocenters. The Morgan fingerprint density at radius 1 is 1.33 bits per heavy atom. The summed E-state index contributed by atoms with van der Waals surface area (Å²) in [6.07, 6.45) is 1.22. The highest BCUT2D eigenvalue weighted by Crippen LogP contribution is 2.18. The number of aldehydes is 1. The van der Waals surface area contributed by atoms with Gasteiger partial charge in [0.05, 0.1) is 5.92 Å². The molecule has 0 saturated heterocycles. The summed E-state index contributed by atoms with van der Waals surface area (Å²) >= 11 is 0. The van der Waals surface area contributed by atoms with Gasteiger partial charge in [-0.1, -0.05) is 12.1 Å². The number of anilines is 1. The predicted octanol–water partition coefficient (Wildman–Crippen LogP) is 0.582. The molecule has 0 saturated carbocycles. The van der Waals surface area contributed by atoms with E-state index in [1.165, 1.54) is 7.05 Å². The van der Waals surface area contributed by atoms with Crippen molar-refractivity contribution < 1.29 is 14.4 Å². The predicted molar refractivity (Wildman–Crippen MR) is 80.6 cm³/mol. The van der Waals surface area contributed by atoms with Crippen molar-refractivity contribution in [2.45, 2.75) is 31.7 Å². The van der Waals surface area contributed by atoms with Crippen LogP contribution in [0.1, 0.15) is 31.2 Å². The van der Waals surface area contributed by atoms with Crippen LogP contribution in [-0.2, 0) is 14.4 Å². The van der Waals surface area contributed by atoms with Gasteiger partial charge in [-0.05, 0) is 31.0 Å². The van der Waals surface area contributed by atoms with Crippen LogP contribution in [-0.4, -0.2) is 31.2 Å². The fourth-order valence-electron chi connectivity index (χ4n) is 1.95. The molecular formula is C15H21N3O3. The lowest BCUT2D eigenvalue weighted by atomic mass is 9.99. The SMILES string of the molecule is CNC(=O)C(CCC=O)NC(=O)C(C)c1cccc(N)c1. The zero-order chi connectivity index (χ0) is 15.8. The van der Waals surface area contributed by atoms with Crippen LogP contribution in [0.15, 0.2) is 24.3 Å². The molecule has 0 aliphatic carbocycles. The standard InChI is InChI=1S/C15H21N3O3/c1-10(11-5-3-6-12(16)9-11)14(20)18-13(7-4-8-19)15(21)17-2/h3,5-6,8-10,13H,4,7,16H2,1-2H3,(H,17,21)(H,18,20). The molecule has 0 aliphatic heterocycles. The van der Waals surface area contributed by atoms with Crippen LogP contribution in [0.3, 0.4) is 0 Å². The summed E-state index contributed by atoms with van der Waals surface area (Å²) in [4.78, 5) is 34.4. The van der Waals surface area contributed by atoms with Crippen LogP contribution in [0.5, 0.6) is 0 Å². The first-order chi connectivity index (χ1) is 9.99. The highest BCUT2D eigenvalue weighted by atomic mass is 16.2. The summed E-state index contributed by atoms with van der Waals surface area (Å²) in [5, 5.41) is 5.15. The van der Waals surface area contributed by atoms with Crippen LogP contribution in [0.25, 0.3) is 0 Å². The average molecular weight is 291 g/mol. The molecule has 1 rings (SSSR count). The lowest BCUT2D eigenvalue weighted by Gasteiger charge is -2.19. The minimum atomic E-state index is -0.712. The largest absolute Gasteiger partial charge is 0.399 e. The van der Waals surface area contributed by atoms with Gasteiger partial charge in [0.15, 0.2) is 0 Å². The van der Waals surface area contributed by atoms with E-state index in [0.29, 0.717) is 5.69 Å². The third-order valence-corrected chi connectivity index (χ3v) is 3.26. The fourth-order valence-corrected chi connectivity index (χ4v) is 1.95. The molecular weight excluding hydrogens is 270 g/mol. The smallest absolute Gasteiger partial charge is 0.242 e. The van der Waals surface area contributed by atoms with E-state index in [-0.39, 0.29) is 24.7 Å². The number of nitrogens with two attached hydrogens (primary N) is 1. The van der Waals surface area contributed by atoms with Gasteiger partial charge < -0.3 is 21.2 Å². The van der Waals surface area contributed by atoms with Gasteiger partial charge in [0.2, 0.25) is 11.8 Å². The topological polar surface area (TPSA) is 101 Å². The number of benzene rings is 1. The van der Waals surface area contributed by atoms with E-state index in [4.69, 9.17) is 5.73 Å². The second kappa shape index (κ2) is 8.04. The summed E-state index contributed by atoms with van der Waals surface area (Å²) in [6, 6.07) is 6.34. The minimum absolute atomic E-state index is 0.213. The lowest BCUT2D eigenvalue weighted by molar-refractivity contribution is -0.129. The number of amides is 2.